The van der Waals surface area contributed by atoms with Crippen molar-refractivity contribution >= 4 is 58.2 Å². The van der Waals surface area contributed by atoms with Gasteiger partial charge in [0.1, 0.15) is 12.2 Å². The van der Waals surface area contributed by atoms with Gasteiger partial charge in [0, 0.05) is 45.8 Å². The van der Waals surface area contributed by atoms with E-state index in [1.165, 1.54) is 42.3 Å². The van der Waals surface area contributed by atoms with Crippen LogP contribution in [0, 0.1) is 11.8 Å². The van der Waals surface area contributed by atoms with Crippen LogP contribution < -0.4 is 20.0 Å². The Kier molecular flexibility index (Phi) is 15.0. The Bertz CT molecular complexity index is 1570. The number of aliphatic hydroxyl groups excluding tert-OH is 2. The third kappa shape index (κ3) is 11.0. The summed E-state index contributed by atoms with van der Waals surface area (Å²) < 4.78 is 0. The Morgan fingerprint density at radius 3 is 1.04 bits per heavy atom. The summed E-state index contributed by atoms with van der Waals surface area (Å²) in [6.45, 7) is 8.96. The topological polar surface area (TPSA) is 134 Å². The summed E-state index contributed by atoms with van der Waals surface area (Å²) in [4.78, 5) is 34.2. The molecule has 2 aliphatic heterocycles. The molecule has 0 spiro atoms. The minimum Gasteiger partial charge on any atom is -0.547 e. The summed E-state index contributed by atoms with van der Waals surface area (Å²) in [6.07, 6.45) is -4.88. The van der Waals surface area contributed by atoms with Crippen LogP contribution in [0.4, 0.5) is 22.7 Å². The maximum Gasteiger partial charge on any atom is 0.124 e. The SMILES string of the molecule is CC(CN(C)C)CN1c2ccccc2Sc2ccccc21.CC(CN(C)C)CN1c2ccccc2Sc2ccccc21.O=C([O-])C(O)C(O)C(=O)[O-]. The lowest BCUT2D eigenvalue weighted by molar-refractivity contribution is -0.333. The number of para-hydroxylation sites is 4. The lowest BCUT2D eigenvalue weighted by Crippen LogP contribution is -2.51. The highest BCUT2D eigenvalue weighted by atomic mass is 32.2. The van der Waals surface area contributed by atoms with Crippen molar-refractivity contribution in [1.82, 2.24) is 9.80 Å². The summed E-state index contributed by atoms with van der Waals surface area (Å²) in [7, 11) is 8.57. The van der Waals surface area contributed by atoms with Gasteiger partial charge in [-0.1, -0.05) is 85.9 Å². The molecule has 278 valence electrons. The molecule has 6 rings (SSSR count). The molecule has 2 heterocycles. The average molecular weight is 745 g/mol. The number of anilines is 4. The van der Waals surface area contributed by atoms with Crippen molar-refractivity contribution in [1.29, 1.82) is 0 Å². The molecule has 0 amide bonds. The Hall–Kier alpha value is -4.04. The van der Waals surface area contributed by atoms with E-state index in [0.29, 0.717) is 11.8 Å². The second-order valence-corrected chi connectivity index (χ2v) is 15.7. The fourth-order valence-electron chi connectivity index (χ4n) is 6.20. The molecule has 10 nitrogen and oxygen atoms in total. The van der Waals surface area contributed by atoms with Crippen LogP contribution in [0.5, 0.6) is 0 Å². The molecule has 0 aliphatic carbocycles. The molecule has 0 bridgehead atoms. The van der Waals surface area contributed by atoms with Crippen molar-refractivity contribution in [3.63, 3.8) is 0 Å². The molecule has 4 atom stereocenters. The van der Waals surface area contributed by atoms with Gasteiger partial charge in [-0.3, -0.25) is 0 Å². The first-order chi connectivity index (χ1) is 24.8. The highest BCUT2D eigenvalue weighted by molar-refractivity contribution is 8.00. The summed E-state index contributed by atoms with van der Waals surface area (Å²) in [6, 6.07) is 34.9. The molecular weight excluding hydrogens is 697 g/mol. The van der Waals surface area contributed by atoms with Gasteiger partial charge in [-0.2, -0.15) is 0 Å². The molecule has 0 saturated heterocycles. The van der Waals surface area contributed by atoms with Gasteiger partial charge in [-0.05, 0) is 88.6 Å². The predicted molar refractivity (Wildman–Crippen MR) is 205 cm³/mol. The molecular formula is C40H48N4O6S2-2. The minimum absolute atomic E-state index is 0.615. The fourth-order valence-corrected chi connectivity index (χ4v) is 8.39. The Labute approximate surface area is 315 Å². The number of rotatable bonds is 11. The van der Waals surface area contributed by atoms with Crippen LogP contribution >= 0.6 is 23.5 Å². The summed E-state index contributed by atoms with van der Waals surface area (Å²) in [5, 5.41) is 35.7. The lowest BCUT2D eigenvalue weighted by atomic mass is 10.1. The fraction of sp³-hybridized carbons (Fsp3) is 0.350. The Morgan fingerprint density at radius 2 is 0.808 bits per heavy atom. The Balaban J connectivity index is 0.000000187. The van der Waals surface area contributed by atoms with E-state index in [4.69, 9.17) is 10.2 Å². The highest BCUT2D eigenvalue weighted by Crippen LogP contribution is 2.49. The molecule has 0 saturated carbocycles. The van der Waals surface area contributed by atoms with Crippen molar-refractivity contribution < 1.29 is 30.0 Å². The van der Waals surface area contributed by atoms with Crippen LogP contribution in [-0.4, -0.2) is 98.5 Å². The van der Waals surface area contributed by atoms with E-state index in [-0.39, 0.29) is 0 Å². The van der Waals surface area contributed by atoms with Gasteiger partial charge < -0.3 is 49.6 Å². The van der Waals surface area contributed by atoms with Gasteiger partial charge in [0.25, 0.3) is 0 Å². The van der Waals surface area contributed by atoms with Crippen molar-refractivity contribution in [2.45, 2.75) is 45.6 Å². The van der Waals surface area contributed by atoms with Crippen LogP contribution in [0.2, 0.25) is 0 Å². The molecule has 12 heteroatoms. The van der Waals surface area contributed by atoms with Gasteiger partial charge in [0.05, 0.1) is 34.7 Å². The standard InChI is InChI=1S/2C18H22N2S.C4H6O6/c2*1-14(12-19(2)3)13-20-15-8-4-6-10-17(15)21-18-11-7-5-9-16(18)20;5-1(3(7)8)2(6)4(9)10/h2*4-11,14H,12-13H2,1-3H3;1-2,5-6H,(H,7,8)(H,9,10)/p-2. The van der Waals surface area contributed by atoms with Crippen LogP contribution in [0.1, 0.15) is 13.8 Å². The van der Waals surface area contributed by atoms with E-state index in [0.717, 1.165) is 26.2 Å². The average Bonchev–Trinajstić information content (AvgIpc) is 3.10. The molecule has 0 radical (unpaired) electrons. The lowest BCUT2D eigenvalue weighted by Gasteiger charge is -2.35. The number of carboxylic acids is 2. The zero-order valence-electron chi connectivity index (χ0n) is 30.5. The van der Waals surface area contributed by atoms with Crippen LogP contribution in [0.3, 0.4) is 0 Å². The number of carbonyl (C=O) groups is 2. The number of aliphatic hydroxyl groups is 2. The number of fused-ring (bicyclic) bond motifs is 4. The zero-order valence-corrected chi connectivity index (χ0v) is 32.1. The van der Waals surface area contributed by atoms with Gasteiger partial charge in [0.15, 0.2) is 0 Å². The first-order valence-electron chi connectivity index (χ1n) is 17.1. The molecule has 2 N–H and O–H groups in total. The summed E-state index contributed by atoms with van der Waals surface area (Å²) in [5.41, 5.74) is 5.36. The second kappa shape index (κ2) is 19.2. The number of benzene rings is 4. The quantitative estimate of drug-likeness (QED) is 0.228. The van der Waals surface area contributed by atoms with Crippen molar-refractivity contribution in [3.8, 4) is 0 Å². The maximum absolute atomic E-state index is 9.63. The highest BCUT2D eigenvalue weighted by Gasteiger charge is 2.25. The van der Waals surface area contributed by atoms with Gasteiger partial charge in [-0.15, -0.1) is 0 Å². The van der Waals surface area contributed by atoms with Gasteiger partial charge in [-0.25, -0.2) is 0 Å². The first-order valence-corrected chi connectivity index (χ1v) is 18.7. The number of hydrogen-bond donors (Lipinski definition) is 2. The first kappa shape index (κ1) is 40.7. The van der Waals surface area contributed by atoms with Crippen LogP contribution in [-0.2, 0) is 9.59 Å². The van der Waals surface area contributed by atoms with Gasteiger partial charge >= 0.3 is 0 Å². The number of aliphatic carboxylic acids is 2. The summed E-state index contributed by atoms with van der Waals surface area (Å²) >= 11 is 3.75. The molecule has 0 fully saturated rings. The number of carboxylic acid groups (broad SMARTS) is 2. The van der Waals surface area contributed by atoms with Gasteiger partial charge in [0.2, 0.25) is 0 Å². The molecule has 4 unspecified atom stereocenters. The number of carbonyl (C=O) groups excluding carboxylic acids is 2. The van der Waals surface area contributed by atoms with Crippen molar-refractivity contribution in [2.24, 2.45) is 11.8 Å². The second-order valence-electron chi connectivity index (χ2n) is 13.6. The molecule has 4 aromatic carbocycles. The van der Waals surface area contributed by atoms with Crippen molar-refractivity contribution in [2.75, 3.05) is 64.2 Å². The predicted octanol–water partition coefficient (Wildman–Crippen LogP) is 4.18. The maximum atomic E-state index is 9.63. The van der Waals surface area contributed by atoms with Crippen LogP contribution in [0.25, 0.3) is 0 Å². The summed E-state index contributed by atoms with van der Waals surface area (Å²) in [5.74, 6) is -2.89. The molecule has 0 aromatic heterocycles. The number of nitrogens with zero attached hydrogens (tertiary/aromatic N) is 4. The largest absolute Gasteiger partial charge is 0.547 e. The Morgan fingerprint density at radius 1 is 0.558 bits per heavy atom. The van der Waals surface area contributed by atoms with E-state index in [2.05, 4.69) is 159 Å². The molecule has 2 aliphatic rings. The van der Waals surface area contributed by atoms with E-state index in [1.807, 2.05) is 23.5 Å². The third-order valence-corrected chi connectivity index (χ3v) is 10.4. The number of hydrogen-bond acceptors (Lipinski definition) is 12. The smallest absolute Gasteiger partial charge is 0.124 e. The third-order valence-electron chi connectivity index (χ3n) is 8.19. The molecule has 4 aromatic rings. The van der Waals surface area contributed by atoms with Crippen LogP contribution in [0.15, 0.2) is 117 Å². The normalized spacial score (nSPS) is 15.0. The minimum atomic E-state index is -2.44. The van der Waals surface area contributed by atoms with E-state index in [9.17, 15) is 19.8 Å². The monoisotopic (exact) mass is 744 g/mol. The zero-order chi connectivity index (χ0) is 37.9. The van der Waals surface area contributed by atoms with E-state index < -0.39 is 24.1 Å². The van der Waals surface area contributed by atoms with E-state index >= 15 is 0 Å². The molecule has 52 heavy (non-hydrogen) atoms. The van der Waals surface area contributed by atoms with Crippen molar-refractivity contribution in [3.05, 3.63) is 97.1 Å². The van der Waals surface area contributed by atoms with E-state index in [1.54, 1.807) is 0 Å².